The first kappa shape index (κ1) is 13.7. The summed E-state index contributed by atoms with van der Waals surface area (Å²) in [5.41, 5.74) is 6.16. The van der Waals surface area contributed by atoms with Crippen LogP contribution < -0.4 is 5.32 Å². The van der Waals surface area contributed by atoms with E-state index in [0.29, 0.717) is 0 Å². The van der Waals surface area contributed by atoms with Crippen molar-refractivity contribution in [2.24, 2.45) is 0 Å². The predicted octanol–water partition coefficient (Wildman–Crippen LogP) is 4.90. The summed E-state index contributed by atoms with van der Waals surface area (Å²) in [6, 6.07) is 4.11. The predicted molar refractivity (Wildman–Crippen MR) is 86.9 cm³/mol. The van der Waals surface area contributed by atoms with Gasteiger partial charge in [0.15, 0.2) is 0 Å². The summed E-state index contributed by atoms with van der Waals surface area (Å²) in [7, 11) is 0. The SMILES string of the molecule is CCCNc1c2c(nc3c(C)c(Cl)ccc13)CCCC2. The van der Waals surface area contributed by atoms with Crippen LogP contribution >= 0.6 is 11.6 Å². The fraction of sp³-hybridized carbons (Fsp3) is 0.471. The van der Waals surface area contributed by atoms with E-state index in [1.807, 2.05) is 6.07 Å². The van der Waals surface area contributed by atoms with Gasteiger partial charge in [-0.2, -0.15) is 0 Å². The van der Waals surface area contributed by atoms with Crippen molar-refractivity contribution in [3.8, 4) is 0 Å². The highest BCUT2D eigenvalue weighted by atomic mass is 35.5. The van der Waals surface area contributed by atoms with Gasteiger partial charge in [0.05, 0.1) is 5.52 Å². The zero-order chi connectivity index (χ0) is 14.1. The first-order valence-electron chi connectivity index (χ1n) is 7.56. The standard InChI is InChI=1S/C17H21ClN2/c1-3-10-19-17-12-6-4-5-7-15(12)20-16-11(2)14(18)9-8-13(16)17/h8-9H,3-7,10H2,1-2H3,(H,19,20). The van der Waals surface area contributed by atoms with Gasteiger partial charge in [-0.3, -0.25) is 4.98 Å². The molecule has 1 aliphatic rings. The van der Waals surface area contributed by atoms with Gasteiger partial charge in [0.2, 0.25) is 0 Å². The molecule has 0 fully saturated rings. The average Bonchev–Trinajstić information content (AvgIpc) is 2.48. The molecule has 0 saturated carbocycles. The molecule has 0 atom stereocenters. The Morgan fingerprint density at radius 1 is 1.25 bits per heavy atom. The second-order valence-electron chi connectivity index (χ2n) is 5.61. The fourth-order valence-corrected chi connectivity index (χ4v) is 3.21. The lowest BCUT2D eigenvalue weighted by Crippen LogP contribution is -2.12. The molecule has 0 unspecified atom stereocenters. The second-order valence-corrected chi connectivity index (χ2v) is 6.02. The molecule has 1 aliphatic carbocycles. The van der Waals surface area contributed by atoms with Gasteiger partial charge in [0.1, 0.15) is 0 Å². The number of nitrogens with one attached hydrogen (secondary N) is 1. The molecule has 1 aromatic carbocycles. The van der Waals surface area contributed by atoms with Crippen molar-refractivity contribution in [1.82, 2.24) is 4.98 Å². The van der Waals surface area contributed by atoms with Gasteiger partial charge in [0, 0.05) is 28.3 Å². The van der Waals surface area contributed by atoms with E-state index in [4.69, 9.17) is 16.6 Å². The number of benzene rings is 1. The monoisotopic (exact) mass is 288 g/mol. The molecule has 3 heteroatoms. The number of fused-ring (bicyclic) bond motifs is 2. The molecule has 3 rings (SSSR count). The van der Waals surface area contributed by atoms with Crippen molar-refractivity contribution in [3.63, 3.8) is 0 Å². The number of hydrogen-bond acceptors (Lipinski definition) is 2. The number of nitrogens with zero attached hydrogens (tertiary/aromatic N) is 1. The Kier molecular flexibility index (Phi) is 3.84. The molecule has 1 heterocycles. The number of aromatic nitrogens is 1. The van der Waals surface area contributed by atoms with E-state index < -0.39 is 0 Å². The van der Waals surface area contributed by atoms with E-state index in [1.54, 1.807) is 0 Å². The van der Waals surface area contributed by atoms with Crippen LogP contribution in [0.5, 0.6) is 0 Å². The summed E-state index contributed by atoms with van der Waals surface area (Å²) in [6.45, 7) is 5.27. The normalized spacial score (nSPS) is 14.3. The van der Waals surface area contributed by atoms with Crippen LogP contribution in [0.2, 0.25) is 5.02 Å². The molecule has 0 radical (unpaired) electrons. The molecule has 0 bridgehead atoms. The maximum Gasteiger partial charge on any atom is 0.0770 e. The third-order valence-electron chi connectivity index (χ3n) is 4.17. The highest BCUT2D eigenvalue weighted by Gasteiger charge is 2.19. The van der Waals surface area contributed by atoms with E-state index in [-0.39, 0.29) is 0 Å². The molecule has 1 N–H and O–H groups in total. The Morgan fingerprint density at radius 3 is 2.85 bits per heavy atom. The zero-order valence-electron chi connectivity index (χ0n) is 12.2. The lowest BCUT2D eigenvalue weighted by Gasteiger charge is -2.22. The Balaban J connectivity index is 2.27. The molecule has 2 aromatic rings. The smallest absolute Gasteiger partial charge is 0.0770 e. The Hall–Kier alpha value is -1.28. The molecule has 106 valence electrons. The van der Waals surface area contributed by atoms with Crippen molar-refractivity contribution >= 4 is 28.2 Å². The third-order valence-corrected chi connectivity index (χ3v) is 4.58. The van der Waals surface area contributed by atoms with E-state index in [0.717, 1.165) is 41.9 Å². The summed E-state index contributed by atoms with van der Waals surface area (Å²) in [5.74, 6) is 0. The first-order chi connectivity index (χ1) is 9.72. The number of rotatable bonds is 3. The van der Waals surface area contributed by atoms with Crippen molar-refractivity contribution in [2.45, 2.75) is 46.0 Å². The highest BCUT2D eigenvalue weighted by Crippen LogP contribution is 2.36. The Bertz CT molecular complexity index is 649. The average molecular weight is 289 g/mol. The molecular formula is C17H21ClN2. The summed E-state index contributed by atoms with van der Waals surface area (Å²) < 4.78 is 0. The van der Waals surface area contributed by atoms with Crippen molar-refractivity contribution in [1.29, 1.82) is 0 Å². The van der Waals surface area contributed by atoms with E-state index >= 15 is 0 Å². The fourth-order valence-electron chi connectivity index (χ4n) is 3.05. The van der Waals surface area contributed by atoms with Crippen LogP contribution in [-0.2, 0) is 12.8 Å². The maximum atomic E-state index is 6.27. The molecule has 1 aromatic heterocycles. The van der Waals surface area contributed by atoms with Gasteiger partial charge in [-0.05, 0) is 62.3 Å². The van der Waals surface area contributed by atoms with Gasteiger partial charge in [-0.25, -0.2) is 0 Å². The van der Waals surface area contributed by atoms with Crippen LogP contribution in [0, 0.1) is 6.92 Å². The van der Waals surface area contributed by atoms with Gasteiger partial charge >= 0.3 is 0 Å². The minimum atomic E-state index is 0.808. The number of halogens is 1. The largest absolute Gasteiger partial charge is 0.384 e. The molecular weight excluding hydrogens is 268 g/mol. The minimum Gasteiger partial charge on any atom is -0.384 e. The van der Waals surface area contributed by atoms with Crippen molar-refractivity contribution in [3.05, 3.63) is 34.0 Å². The lowest BCUT2D eigenvalue weighted by molar-refractivity contribution is 0.671. The van der Waals surface area contributed by atoms with Crippen LogP contribution in [0.1, 0.15) is 43.0 Å². The number of anilines is 1. The molecule has 0 saturated heterocycles. The van der Waals surface area contributed by atoms with Gasteiger partial charge in [0.25, 0.3) is 0 Å². The lowest BCUT2D eigenvalue weighted by atomic mass is 9.92. The van der Waals surface area contributed by atoms with Gasteiger partial charge in [-0.15, -0.1) is 0 Å². The number of aryl methyl sites for hydroxylation is 2. The van der Waals surface area contributed by atoms with E-state index in [1.165, 1.54) is 35.2 Å². The summed E-state index contributed by atoms with van der Waals surface area (Å²) in [5, 5.41) is 5.66. The van der Waals surface area contributed by atoms with Crippen molar-refractivity contribution in [2.75, 3.05) is 11.9 Å². The molecule has 0 amide bonds. The quantitative estimate of drug-likeness (QED) is 0.869. The topological polar surface area (TPSA) is 24.9 Å². The molecule has 20 heavy (non-hydrogen) atoms. The zero-order valence-corrected chi connectivity index (χ0v) is 13.0. The van der Waals surface area contributed by atoms with E-state index in [2.05, 4.69) is 25.2 Å². The summed E-state index contributed by atoms with van der Waals surface area (Å²) in [4.78, 5) is 4.92. The van der Waals surface area contributed by atoms with Crippen molar-refractivity contribution < 1.29 is 0 Å². The first-order valence-corrected chi connectivity index (χ1v) is 7.94. The van der Waals surface area contributed by atoms with Gasteiger partial charge in [-0.1, -0.05) is 18.5 Å². The third kappa shape index (κ3) is 2.26. The molecule has 2 nitrogen and oxygen atoms in total. The van der Waals surface area contributed by atoms with Crippen LogP contribution in [0.4, 0.5) is 5.69 Å². The minimum absolute atomic E-state index is 0.808. The van der Waals surface area contributed by atoms with E-state index in [9.17, 15) is 0 Å². The molecule has 0 aliphatic heterocycles. The second kappa shape index (κ2) is 5.61. The van der Waals surface area contributed by atoms with Gasteiger partial charge < -0.3 is 5.32 Å². The van der Waals surface area contributed by atoms with Crippen LogP contribution in [0.25, 0.3) is 10.9 Å². The Morgan fingerprint density at radius 2 is 2.05 bits per heavy atom. The maximum absolute atomic E-state index is 6.27. The highest BCUT2D eigenvalue weighted by molar-refractivity contribution is 6.32. The van der Waals surface area contributed by atoms with Crippen LogP contribution in [-0.4, -0.2) is 11.5 Å². The summed E-state index contributed by atoms with van der Waals surface area (Å²) >= 11 is 6.27. The number of hydrogen-bond donors (Lipinski definition) is 1. The summed E-state index contributed by atoms with van der Waals surface area (Å²) in [6.07, 6.45) is 5.89. The van der Waals surface area contributed by atoms with Crippen LogP contribution in [0.3, 0.4) is 0 Å². The Labute approximate surface area is 125 Å². The number of pyridine rings is 1. The molecule has 0 spiro atoms. The van der Waals surface area contributed by atoms with Crippen LogP contribution in [0.15, 0.2) is 12.1 Å².